The Morgan fingerprint density at radius 1 is 1.11 bits per heavy atom. The molecule has 190 valence electrons. The fourth-order valence-corrected chi connectivity index (χ4v) is 6.00. The Hall–Kier alpha value is -2.71. The first-order valence-electron chi connectivity index (χ1n) is 12.4. The first-order valence-corrected chi connectivity index (χ1v) is 13.2. The molecule has 2 saturated heterocycles. The fraction of sp³-hybridized carbons (Fsp3) is 0.429. The van der Waals surface area contributed by atoms with Crippen LogP contribution < -0.4 is 0 Å². The minimum Gasteiger partial charge on any atom is -0.468 e. The first-order chi connectivity index (χ1) is 17.4. The molecule has 0 spiro atoms. The normalized spacial score (nSPS) is 18.4. The lowest BCUT2D eigenvalue weighted by atomic mass is 9.72. The summed E-state index contributed by atoms with van der Waals surface area (Å²) in [6.45, 7) is 3.23. The van der Waals surface area contributed by atoms with E-state index in [1.165, 1.54) is 19.2 Å². The van der Waals surface area contributed by atoms with Crippen molar-refractivity contribution in [3.8, 4) is 0 Å². The molecule has 0 aliphatic carbocycles. The van der Waals surface area contributed by atoms with Crippen molar-refractivity contribution >= 4 is 38.7 Å². The van der Waals surface area contributed by atoms with Crippen LogP contribution in [0.3, 0.4) is 0 Å². The molecule has 1 aromatic heterocycles. The third kappa shape index (κ3) is 4.68. The average molecular weight is 557 g/mol. The van der Waals surface area contributed by atoms with E-state index >= 15 is 0 Å². The second-order valence-electron chi connectivity index (χ2n) is 9.79. The summed E-state index contributed by atoms with van der Waals surface area (Å²) in [5.74, 6) is -0.221. The van der Waals surface area contributed by atoms with Crippen molar-refractivity contribution in [1.29, 1.82) is 0 Å². The third-order valence-corrected chi connectivity index (χ3v) is 8.24. The van der Waals surface area contributed by atoms with E-state index in [4.69, 9.17) is 9.47 Å². The zero-order valence-corrected chi connectivity index (χ0v) is 21.9. The number of carbonyl (C=O) groups is 2. The zero-order chi connectivity index (χ0) is 25.3. The van der Waals surface area contributed by atoms with Crippen molar-refractivity contribution < 1.29 is 23.5 Å². The van der Waals surface area contributed by atoms with Gasteiger partial charge < -0.3 is 18.9 Å². The molecular weight excluding hydrogens is 527 g/mol. The van der Waals surface area contributed by atoms with Gasteiger partial charge in [0, 0.05) is 54.4 Å². The van der Waals surface area contributed by atoms with Crippen LogP contribution in [0.25, 0.3) is 10.9 Å². The molecule has 0 unspecified atom stereocenters. The first kappa shape index (κ1) is 25.0. The van der Waals surface area contributed by atoms with E-state index in [0.717, 1.165) is 53.5 Å². The minimum atomic E-state index is -0.890. The van der Waals surface area contributed by atoms with Gasteiger partial charge in [0.25, 0.3) is 5.91 Å². The third-order valence-electron chi connectivity index (χ3n) is 7.75. The Kier molecular flexibility index (Phi) is 7.17. The van der Waals surface area contributed by atoms with E-state index in [1.54, 1.807) is 12.1 Å². The van der Waals surface area contributed by atoms with E-state index in [9.17, 15) is 14.0 Å². The van der Waals surface area contributed by atoms with Crippen molar-refractivity contribution in [1.82, 2.24) is 9.47 Å². The van der Waals surface area contributed by atoms with Crippen LogP contribution in [0.1, 0.15) is 41.6 Å². The average Bonchev–Trinajstić information content (AvgIpc) is 3.26. The summed E-state index contributed by atoms with van der Waals surface area (Å²) in [7, 11) is 1.37. The van der Waals surface area contributed by atoms with E-state index in [2.05, 4.69) is 26.6 Å². The second-order valence-corrected chi connectivity index (χ2v) is 10.7. The van der Waals surface area contributed by atoms with Crippen molar-refractivity contribution in [2.75, 3.05) is 33.4 Å². The van der Waals surface area contributed by atoms with E-state index in [-0.39, 0.29) is 17.7 Å². The van der Waals surface area contributed by atoms with E-state index in [0.29, 0.717) is 37.4 Å². The summed E-state index contributed by atoms with van der Waals surface area (Å²) >= 11 is 3.56. The molecule has 0 radical (unpaired) electrons. The van der Waals surface area contributed by atoms with Crippen LogP contribution in [0.2, 0.25) is 0 Å². The number of piperidine rings is 1. The maximum absolute atomic E-state index is 13.8. The largest absolute Gasteiger partial charge is 0.468 e. The van der Waals surface area contributed by atoms with Gasteiger partial charge in [-0.05, 0) is 67.5 Å². The number of esters is 1. The molecule has 3 aromatic rings. The Morgan fingerprint density at radius 2 is 1.81 bits per heavy atom. The van der Waals surface area contributed by atoms with Crippen LogP contribution >= 0.6 is 15.9 Å². The molecule has 0 saturated carbocycles. The zero-order valence-electron chi connectivity index (χ0n) is 20.3. The Balaban J connectivity index is 1.40. The topological polar surface area (TPSA) is 60.8 Å². The molecule has 6 nitrogen and oxygen atoms in total. The molecule has 5 rings (SSSR count). The highest BCUT2D eigenvalue weighted by Crippen LogP contribution is 2.38. The molecule has 2 fully saturated rings. The number of methoxy groups -OCH3 is 1. The highest BCUT2D eigenvalue weighted by Gasteiger charge is 2.45. The number of amides is 1. The summed E-state index contributed by atoms with van der Waals surface area (Å²) in [4.78, 5) is 28.5. The predicted molar refractivity (Wildman–Crippen MR) is 138 cm³/mol. The fourth-order valence-electron chi connectivity index (χ4n) is 5.63. The van der Waals surface area contributed by atoms with Crippen LogP contribution in [0.4, 0.5) is 4.39 Å². The summed E-state index contributed by atoms with van der Waals surface area (Å²) < 4.78 is 27.3. The maximum atomic E-state index is 13.8. The Labute approximate surface area is 218 Å². The second kappa shape index (κ2) is 10.3. The number of aromatic nitrogens is 1. The highest BCUT2D eigenvalue weighted by molar-refractivity contribution is 9.10. The molecule has 2 aliphatic rings. The lowest BCUT2D eigenvalue weighted by Crippen LogP contribution is -2.49. The summed E-state index contributed by atoms with van der Waals surface area (Å²) in [5, 5.41) is 0.921. The van der Waals surface area contributed by atoms with Gasteiger partial charge in [0.05, 0.1) is 18.1 Å². The van der Waals surface area contributed by atoms with Gasteiger partial charge in [-0.1, -0.05) is 28.1 Å². The SMILES string of the molecule is COC(=O)C1(c2ccc(F)cc2)CCN(C(=O)c2cn(CC3CCOCC3)c3ccc(Br)cc23)CC1. The number of nitrogens with zero attached hydrogens (tertiary/aromatic N) is 2. The molecule has 0 atom stereocenters. The smallest absolute Gasteiger partial charge is 0.316 e. The van der Waals surface area contributed by atoms with Crippen LogP contribution in [-0.4, -0.2) is 54.8 Å². The molecular formula is C28H30BrFN2O4. The number of hydrogen-bond acceptors (Lipinski definition) is 4. The monoisotopic (exact) mass is 556 g/mol. The molecule has 1 amide bonds. The molecule has 2 aromatic carbocycles. The summed E-state index contributed by atoms with van der Waals surface area (Å²) in [5.41, 5.74) is 1.55. The van der Waals surface area contributed by atoms with Gasteiger partial charge in [-0.15, -0.1) is 0 Å². The van der Waals surface area contributed by atoms with Crippen LogP contribution in [0.5, 0.6) is 0 Å². The molecule has 0 N–H and O–H groups in total. The van der Waals surface area contributed by atoms with Crippen molar-refractivity contribution in [3.05, 3.63) is 70.1 Å². The molecule has 0 bridgehead atoms. The van der Waals surface area contributed by atoms with Gasteiger partial charge in [-0.25, -0.2) is 4.39 Å². The number of ether oxygens (including phenoxy) is 2. The number of hydrogen-bond donors (Lipinski definition) is 0. The molecule has 8 heteroatoms. The van der Waals surface area contributed by atoms with Crippen molar-refractivity contribution in [2.24, 2.45) is 5.92 Å². The lowest BCUT2D eigenvalue weighted by molar-refractivity contribution is -0.149. The van der Waals surface area contributed by atoms with Crippen molar-refractivity contribution in [2.45, 2.75) is 37.6 Å². The lowest BCUT2D eigenvalue weighted by Gasteiger charge is -2.40. The number of halogens is 2. The Morgan fingerprint density at radius 3 is 2.47 bits per heavy atom. The molecule has 36 heavy (non-hydrogen) atoms. The minimum absolute atomic E-state index is 0.0404. The standard InChI is InChI=1S/C28H30BrFN2O4/c1-35-27(34)28(20-2-5-22(30)6-3-20)10-12-31(13-11-28)26(33)24-18-32(17-19-8-14-36-15-9-19)25-7-4-21(29)16-23(24)25/h2-7,16,18-19H,8-15,17H2,1H3. The summed E-state index contributed by atoms with van der Waals surface area (Å²) in [6.07, 6.45) is 4.86. The summed E-state index contributed by atoms with van der Waals surface area (Å²) in [6, 6.07) is 12.1. The molecule has 3 heterocycles. The number of benzene rings is 2. The van der Waals surface area contributed by atoms with E-state index < -0.39 is 5.41 Å². The van der Waals surface area contributed by atoms with Crippen molar-refractivity contribution in [3.63, 3.8) is 0 Å². The number of carbonyl (C=O) groups excluding carboxylic acids is 2. The van der Waals surface area contributed by atoms with Gasteiger partial charge in [-0.3, -0.25) is 9.59 Å². The van der Waals surface area contributed by atoms with Crippen LogP contribution in [-0.2, 0) is 26.2 Å². The predicted octanol–water partition coefficient (Wildman–Crippen LogP) is 5.32. The van der Waals surface area contributed by atoms with Gasteiger partial charge in [0.15, 0.2) is 0 Å². The number of rotatable bonds is 5. The van der Waals surface area contributed by atoms with Crippen LogP contribution in [0.15, 0.2) is 53.1 Å². The number of fused-ring (bicyclic) bond motifs is 1. The van der Waals surface area contributed by atoms with Gasteiger partial charge in [-0.2, -0.15) is 0 Å². The van der Waals surface area contributed by atoms with Gasteiger partial charge in [0.1, 0.15) is 5.82 Å². The quantitative estimate of drug-likeness (QED) is 0.399. The molecule has 2 aliphatic heterocycles. The number of likely N-dealkylation sites (tertiary alicyclic amines) is 1. The van der Waals surface area contributed by atoms with Crippen LogP contribution in [0, 0.1) is 11.7 Å². The Bertz CT molecular complexity index is 1260. The maximum Gasteiger partial charge on any atom is 0.316 e. The van der Waals surface area contributed by atoms with E-state index in [1.807, 2.05) is 23.2 Å². The van der Waals surface area contributed by atoms with Gasteiger partial charge >= 0.3 is 5.97 Å². The van der Waals surface area contributed by atoms with Gasteiger partial charge in [0.2, 0.25) is 0 Å². The highest BCUT2D eigenvalue weighted by atomic mass is 79.9.